The predicted molar refractivity (Wildman–Crippen MR) is 58.9 cm³/mol. The number of aliphatic hydroxyl groups is 1. The summed E-state index contributed by atoms with van der Waals surface area (Å²) in [7, 11) is 0. The number of aliphatic hydroxyl groups excluding tert-OH is 1. The van der Waals surface area contributed by atoms with E-state index in [0.717, 1.165) is 17.5 Å². The van der Waals surface area contributed by atoms with Crippen molar-refractivity contribution in [2.75, 3.05) is 0 Å². The molecule has 1 aromatic carbocycles. The molecule has 2 unspecified atom stereocenters. The number of Topliss-reactive ketones (excluding diaryl/α,β-unsaturated/α-hetero) is 1. The van der Waals surface area contributed by atoms with Gasteiger partial charge < -0.3 is 5.11 Å². The van der Waals surface area contributed by atoms with Crippen LogP contribution in [-0.2, 0) is 6.42 Å². The third kappa shape index (κ3) is 1.82. The van der Waals surface area contributed by atoms with Crippen molar-refractivity contribution in [2.24, 2.45) is 5.92 Å². The molecule has 0 aliphatic heterocycles. The smallest absolute Gasteiger partial charge is 0.169 e. The molecule has 2 atom stereocenters. The summed E-state index contributed by atoms with van der Waals surface area (Å²) in [6, 6.07) is 7.66. The second-order valence-electron chi connectivity index (χ2n) is 4.19. The van der Waals surface area contributed by atoms with E-state index in [1.807, 2.05) is 31.2 Å². The number of carbonyl (C=O) groups is 1. The first-order valence-electron chi connectivity index (χ1n) is 5.54. The van der Waals surface area contributed by atoms with E-state index in [1.165, 1.54) is 0 Å². The van der Waals surface area contributed by atoms with E-state index in [0.29, 0.717) is 12.8 Å². The maximum atomic E-state index is 12.0. The summed E-state index contributed by atoms with van der Waals surface area (Å²) in [4.78, 5) is 12.0. The van der Waals surface area contributed by atoms with E-state index >= 15 is 0 Å². The van der Waals surface area contributed by atoms with Crippen LogP contribution in [0.1, 0.15) is 35.7 Å². The Morgan fingerprint density at radius 1 is 1.47 bits per heavy atom. The topological polar surface area (TPSA) is 37.3 Å². The third-order valence-electron chi connectivity index (χ3n) is 3.11. The van der Waals surface area contributed by atoms with Gasteiger partial charge in [0.2, 0.25) is 0 Å². The molecular weight excluding hydrogens is 188 g/mol. The van der Waals surface area contributed by atoms with Crippen LogP contribution in [-0.4, -0.2) is 17.0 Å². The average Bonchev–Trinajstić information content (AvgIpc) is 2.57. The van der Waals surface area contributed by atoms with Crippen molar-refractivity contribution in [3.05, 3.63) is 35.4 Å². The zero-order valence-electron chi connectivity index (χ0n) is 8.94. The number of hydrogen-bond donors (Lipinski definition) is 1. The van der Waals surface area contributed by atoms with Crippen LogP contribution in [0.2, 0.25) is 0 Å². The fourth-order valence-electron chi connectivity index (χ4n) is 2.28. The maximum Gasteiger partial charge on any atom is 0.169 e. The van der Waals surface area contributed by atoms with Gasteiger partial charge in [0.05, 0.1) is 12.0 Å². The Morgan fingerprint density at radius 2 is 2.20 bits per heavy atom. The molecule has 0 heterocycles. The third-order valence-corrected chi connectivity index (χ3v) is 3.11. The van der Waals surface area contributed by atoms with E-state index in [9.17, 15) is 9.90 Å². The molecule has 0 spiro atoms. The number of fused-ring (bicyclic) bond motifs is 1. The van der Waals surface area contributed by atoms with Gasteiger partial charge in [0.1, 0.15) is 0 Å². The van der Waals surface area contributed by atoms with E-state index in [-0.39, 0.29) is 11.7 Å². The van der Waals surface area contributed by atoms with Gasteiger partial charge in [0.25, 0.3) is 0 Å². The fourth-order valence-corrected chi connectivity index (χ4v) is 2.28. The second kappa shape index (κ2) is 4.15. The van der Waals surface area contributed by atoms with Crippen molar-refractivity contribution in [3.8, 4) is 0 Å². The lowest BCUT2D eigenvalue weighted by atomic mass is 9.95. The minimum atomic E-state index is -0.477. The Morgan fingerprint density at radius 3 is 2.87 bits per heavy atom. The van der Waals surface area contributed by atoms with Gasteiger partial charge in [-0.15, -0.1) is 0 Å². The SMILES string of the molecule is CCCC(O)C1Cc2ccccc2C1=O. The molecule has 15 heavy (non-hydrogen) atoms. The molecule has 0 bridgehead atoms. The first kappa shape index (κ1) is 10.4. The van der Waals surface area contributed by atoms with Crippen molar-refractivity contribution in [1.82, 2.24) is 0 Å². The van der Waals surface area contributed by atoms with Gasteiger partial charge in [-0.3, -0.25) is 4.79 Å². The number of hydrogen-bond acceptors (Lipinski definition) is 2. The Balaban J connectivity index is 2.20. The molecule has 1 aromatic rings. The zero-order valence-corrected chi connectivity index (χ0v) is 8.94. The summed E-state index contributed by atoms with van der Waals surface area (Å²) >= 11 is 0. The normalized spacial score (nSPS) is 21.5. The van der Waals surface area contributed by atoms with Crippen molar-refractivity contribution in [2.45, 2.75) is 32.3 Å². The van der Waals surface area contributed by atoms with Crippen LogP contribution >= 0.6 is 0 Å². The summed E-state index contributed by atoms with van der Waals surface area (Å²) in [6.07, 6.45) is 1.86. The number of rotatable bonds is 3. The molecule has 2 heteroatoms. The summed E-state index contributed by atoms with van der Waals surface area (Å²) < 4.78 is 0. The van der Waals surface area contributed by atoms with Crippen LogP contribution in [0.25, 0.3) is 0 Å². The summed E-state index contributed by atoms with van der Waals surface area (Å²) in [5.41, 5.74) is 1.89. The number of ketones is 1. The highest BCUT2D eigenvalue weighted by atomic mass is 16.3. The van der Waals surface area contributed by atoms with E-state index in [4.69, 9.17) is 0 Å². The van der Waals surface area contributed by atoms with Crippen LogP contribution in [0, 0.1) is 5.92 Å². The molecule has 2 nitrogen and oxygen atoms in total. The Hall–Kier alpha value is -1.15. The molecule has 0 radical (unpaired) electrons. The van der Waals surface area contributed by atoms with Crippen LogP contribution < -0.4 is 0 Å². The van der Waals surface area contributed by atoms with Crippen molar-refractivity contribution in [3.63, 3.8) is 0 Å². The van der Waals surface area contributed by atoms with E-state index < -0.39 is 6.10 Å². The first-order valence-corrected chi connectivity index (χ1v) is 5.54. The Kier molecular flexibility index (Phi) is 2.87. The molecule has 0 amide bonds. The highest BCUT2D eigenvalue weighted by Crippen LogP contribution is 2.29. The molecule has 80 valence electrons. The zero-order chi connectivity index (χ0) is 10.8. The van der Waals surface area contributed by atoms with Gasteiger partial charge in [-0.1, -0.05) is 37.6 Å². The van der Waals surface area contributed by atoms with Gasteiger partial charge in [0, 0.05) is 5.56 Å². The summed E-state index contributed by atoms with van der Waals surface area (Å²) in [5, 5.41) is 9.87. The van der Waals surface area contributed by atoms with Gasteiger partial charge in [0.15, 0.2) is 5.78 Å². The highest BCUT2D eigenvalue weighted by Gasteiger charge is 2.34. The van der Waals surface area contributed by atoms with Gasteiger partial charge in [-0.25, -0.2) is 0 Å². The fraction of sp³-hybridized carbons (Fsp3) is 0.462. The molecule has 1 aliphatic carbocycles. The highest BCUT2D eigenvalue weighted by molar-refractivity contribution is 6.02. The average molecular weight is 204 g/mol. The largest absolute Gasteiger partial charge is 0.392 e. The Labute approximate surface area is 89.9 Å². The molecule has 1 aliphatic rings. The molecule has 0 saturated carbocycles. The van der Waals surface area contributed by atoms with Gasteiger partial charge >= 0.3 is 0 Å². The van der Waals surface area contributed by atoms with Crippen molar-refractivity contribution in [1.29, 1.82) is 0 Å². The van der Waals surface area contributed by atoms with Crippen molar-refractivity contribution >= 4 is 5.78 Å². The lowest BCUT2D eigenvalue weighted by Gasteiger charge is -2.15. The molecule has 0 fully saturated rings. The quantitative estimate of drug-likeness (QED) is 0.819. The molecule has 0 aromatic heterocycles. The lowest BCUT2D eigenvalue weighted by Crippen LogP contribution is -2.25. The van der Waals surface area contributed by atoms with Crippen LogP contribution in [0.15, 0.2) is 24.3 Å². The van der Waals surface area contributed by atoms with Crippen LogP contribution in [0.5, 0.6) is 0 Å². The Bertz CT molecular complexity index is 371. The molecule has 1 N–H and O–H groups in total. The standard InChI is InChI=1S/C13H16O2/c1-2-5-12(14)11-8-9-6-3-4-7-10(9)13(11)15/h3-4,6-7,11-12,14H,2,5,8H2,1H3. The lowest BCUT2D eigenvalue weighted by molar-refractivity contribution is 0.0683. The molecule has 0 saturated heterocycles. The van der Waals surface area contributed by atoms with Crippen molar-refractivity contribution < 1.29 is 9.90 Å². The maximum absolute atomic E-state index is 12.0. The monoisotopic (exact) mass is 204 g/mol. The number of carbonyl (C=O) groups excluding carboxylic acids is 1. The van der Waals surface area contributed by atoms with Gasteiger partial charge in [-0.05, 0) is 18.4 Å². The molecule has 2 rings (SSSR count). The second-order valence-corrected chi connectivity index (χ2v) is 4.19. The minimum absolute atomic E-state index is 0.117. The minimum Gasteiger partial charge on any atom is -0.392 e. The van der Waals surface area contributed by atoms with Crippen LogP contribution in [0.4, 0.5) is 0 Å². The predicted octanol–water partition coefficient (Wildman–Crippen LogP) is 2.20. The summed E-state index contributed by atoms with van der Waals surface area (Å²) in [5.74, 6) is -0.0890. The summed E-state index contributed by atoms with van der Waals surface area (Å²) in [6.45, 7) is 2.02. The van der Waals surface area contributed by atoms with Gasteiger partial charge in [-0.2, -0.15) is 0 Å². The first-order chi connectivity index (χ1) is 7.24. The van der Waals surface area contributed by atoms with E-state index in [1.54, 1.807) is 0 Å². The van der Waals surface area contributed by atoms with E-state index in [2.05, 4.69) is 0 Å². The van der Waals surface area contributed by atoms with Crippen LogP contribution in [0.3, 0.4) is 0 Å². The molecular formula is C13H16O2. The number of benzene rings is 1.